The van der Waals surface area contributed by atoms with E-state index in [0.717, 1.165) is 13.2 Å². The van der Waals surface area contributed by atoms with Crippen LogP contribution in [0.2, 0.25) is 0 Å². The lowest BCUT2D eigenvalue weighted by Crippen LogP contribution is -2.07. The summed E-state index contributed by atoms with van der Waals surface area (Å²) in [5.41, 5.74) is 0.107. The SMILES string of the molecule is COC(=O)c1cc([N+](=O)[O-])cc2[nH]c(NC(C)=O)nc12. The highest BCUT2D eigenvalue weighted by Crippen LogP contribution is 2.25. The number of nitrogens with zero attached hydrogens (tertiary/aromatic N) is 2. The number of benzene rings is 1. The fourth-order valence-corrected chi connectivity index (χ4v) is 1.70. The number of amides is 1. The van der Waals surface area contributed by atoms with E-state index in [9.17, 15) is 19.7 Å². The average molecular weight is 278 g/mol. The molecule has 0 saturated carbocycles. The van der Waals surface area contributed by atoms with E-state index in [0.29, 0.717) is 0 Å². The molecule has 0 aliphatic rings. The number of aromatic nitrogens is 2. The van der Waals surface area contributed by atoms with Crippen LogP contribution in [0.1, 0.15) is 17.3 Å². The van der Waals surface area contributed by atoms with Crippen molar-refractivity contribution in [3.63, 3.8) is 0 Å². The predicted octanol–water partition coefficient (Wildman–Crippen LogP) is 1.22. The molecule has 1 heterocycles. The highest BCUT2D eigenvalue weighted by molar-refractivity contribution is 6.04. The maximum atomic E-state index is 11.6. The number of fused-ring (bicyclic) bond motifs is 1. The lowest BCUT2D eigenvalue weighted by molar-refractivity contribution is -0.384. The quantitative estimate of drug-likeness (QED) is 0.493. The molecule has 0 bridgehead atoms. The van der Waals surface area contributed by atoms with Crippen LogP contribution in [0, 0.1) is 10.1 Å². The van der Waals surface area contributed by atoms with E-state index in [1.54, 1.807) is 0 Å². The predicted molar refractivity (Wildman–Crippen MR) is 68.4 cm³/mol. The molecule has 0 aliphatic carbocycles. The van der Waals surface area contributed by atoms with Crippen molar-refractivity contribution >= 4 is 34.5 Å². The number of methoxy groups -OCH3 is 1. The lowest BCUT2D eigenvalue weighted by atomic mass is 10.1. The van der Waals surface area contributed by atoms with Crippen LogP contribution in [0.25, 0.3) is 11.0 Å². The molecule has 1 aromatic carbocycles. The van der Waals surface area contributed by atoms with E-state index in [2.05, 4.69) is 20.0 Å². The van der Waals surface area contributed by atoms with Crippen LogP contribution in [0.4, 0.5) is 11.6 Å². The largest absolute Gasteiger partial charge is 0.465 e. The third-order valence-corrected chi connectivity index (χ3v) is 2.48. The molecule has 0 fully saturated rings. The molecule has 2 N–H and O–H groups in total. The number of rotatable bonds is 3. The van der Waals surface area contributed by atoms with Gasteiger partial charge in [-0.2, -0.15) is 0 Å². The maximum absolute atomic E-state index is 11.6. The minimum atomic E-state index is -0.750. The summed E-state index contributed by atoms with van der Waals surface area (Å²) in [7, 11) is 1.16. The molecule has 2 rings (SSSR count). The molecule has 0 aliphatic heterocycles. The highest BCUT2D eigenvalue weighted by Gasteiger charge is 2.20. The third-order valence-electron chi connectivity index (χ3n) is 2.48. The number of nitro benzene ring substituents is 1. The Morgan fingerprint density at radius 3 is 2.70 bits per heavy atom. The van der Waals surface area contributed by atoms with Crippen molar-refractivity contribution in [1.82, 2.24) is 9.97 Å². The van der Waals surface area contributed by atoms with E-state index < -0.39 is 10.9 Å². The van der Waals surface area contributed by atoms with Gasteiger partial charge >= 0.3 is 5.97 Å². The Balaban J connectivity index is 2.66. The molecule has 1 amide bonds. The van der Waals surface area contributed by atoms with Crippen LogP contribution < -0.4 is 5.32 Å². The first-order valence-electron chi connectivity index (χ1n) is 5.46. The normalized spacial score (nSPS) is 10.3. The Labute approximate surface area is 112 Å². The first kappa shape index (κ1) is 13.5. The summed E-state index contributed by atoms with van der Waals surface area (Å²) in [6.45, 7) is 1.29. The highest BCUT2D eigenvalue weighted by atomic mass is 16.6. The number of imidazole rings is 1. The van der Waals surface area contributed by atoms with Gasteiger partial charge in [0.2, 0.25) is 11.9 Å². The first-order valence-corrected chi connectivity index (χ1v) is 5.46. The molecule has 0 spiro atoms. The van der Waals surface area contributed by atoms with Crippen molar-refractivity contribution in [2.75, 3.05) is 12.4 Å². The number of aromatic amines is 1. The minimum Gasteiger partial charge on any atom is -0.465 e. The van der Waals surface area contributed by atoms with Crippen LogP contribution in [-0.2, 0) is 9.53 Å². The molecule has 104 valence electrons. The fourth-order valence-electron chi connectivity index (χ4n) is 1.70. The van der Waals surface area contributed by atoms with Gasteiger partial charge in [-0.1, -0.05) is 0 Å². The molecule has 0 unspecified atom stereocenters. The monoisotopic (exact) mass is 278 g/mol. The molecule has 20 heavy (non-hydrogen) atoms. The zero-order valence-corrected chi connectivity index (χ0v) is 10.6. The second-order valence-electron chi connectivity index (χ2n) is 3.90. The topological polar surface area (TPSA) is 127 Å². The summed E-state index contributed by atoms with van der Waals surface area (Å²) >= 11 is 0. The Morgan fingerprint density at radius 1 is 1.45 bits per heavy atom. The van der Waals surface area contributed by atoms with E-state index in [4.69, 9.17) is 0 Å². The van der Waals surface area contributed by atoms with Gasteiger partial charge in [0.05, 0.1) is 23.1 Å². The zero-order chi connectivity index (χ0) is 14.9. The van der Waals surface area contributed by atoms with Crippen molar-refractivity contribution in [2.24, 2.45) is 0 Å². The average Bonchev–Trinajstić information content (AvgIpc) is 2.77. The third kappa shape index (κ3) is 2.41. The van der Waals surface area contributed by atoms with Crippen molar-refractivity contribution in [3.8, 4) is 0 Å². The molecule has 0 radical (unpaired) electrons. The van der Waals surface area contributed by atoms with E-state index >= 15 is 0 Å². The van der Waals surface area contributed by atoms with Crippen molar-refractivity contribution in [2.45, 2.75) is 6.92 Å². The van der Waals surface area contributed by atoms with Crippen molar-refractivity contribution < 1.29 is 19.2 Å². The van der Waals surface area contributed by atoms with Crippen LogP contribution in [0.5, 0.6) is 0 Å². The number of anilines is 1. The number of esters is 1. The van der Waals surface area contributed by atoms with Gasteiger partial charge in [0.25, 0.3) is 5.69 Å². The standard InChI is InChI=1S/C11H10N4O5/c1-5(16)12-11-13-8-4-6(15(18)19)3-7(9(8)14-11)10(17)20-2/h3-4H,1-2H3,(H2,12,13,14,16). The second-order valence-corrected chi connectivity index (χ2v) is 3.90. The Morgan fingerprint density at radius 2 is 2.15 bits per heavy atom. The van der Waals surface area contributed by atoms with Crippen molar-refractivity contribution in [1.29, 1.82) is 0 Å². The van der Waals surface area contributed by atoms with Crippen LogP contribution in [-0.4, -0.2) is 33.9 Å². The minimum absolute atomic E-state index is 0.0513. The number of ether oxygens (including phenoxy) is 1. The number of nitrogens with one attached hydrogen (secondary N) is 2. The van der Waals surface area contributed by atoms with Gasteiger partial charge in [-0.15, -0.1) is 0 Å². The van der Waals surface area contributed by atoms with Crippen LogP contribution >= 0.6 is 0 Å². The molecular formula is C11H10N4O5. The van der Waals surface area contributed by atoms with Gasteiger partial charge in [-0.25, -0.2) is 9.78 Å². The van der Waals surface area contributed by atoms with Gasteiger partial charge in [-0.05, 0) is 0 Å². The molecule has 1 aromatic heterocycles. The van der Waals surface area contributed by atoms with E-state index in [1.165, 1.54) is 13.0 Å². The van der Waals surface area contributed by atoms with Gasteiger partial charge in [0.1, 0.15) is 5.52 Å². The summed E-state index contributed by atoms with van der Waals surface area (Å²) in [5, 5.41) is 13.2. The number of hydrogen-bond donors (Lipinski definition) is 2. The number of non-ortho nitro benzene ring substituents is 1. The Kier molecular flexibility index (Phi) is 3.34. The number of hydrogen-bond acceptors (Lipinski definition) is 6. The first-order chi connectivity index (χ1) is 9.42. The molecule has 2 aromatic rings. The van der Waals surface area contributed by atoms with Crippen LogP contribution in [0.15, 0.2) is 12.1 Å². The smallest absolute Gasteiger partial charge is 0.340 e. The zero-order valence-electron chi connectivity index (χ0n) is 10.6. The maximum Gasteiger partial charge on any atom is 0.340 e. The summed E-state index contributed by atoms with van der Waals surface area (Å²) in [6, 6.07) is 2.30. The van der Waals surface area contributed by atoms with Crippen molar-refractivity contribution in [3.05, 3.63) is 27.8 Å². The summed E-state index contributed by atoms with van der Waals surface area (Å²) < 4.78 is 4.57. The summed E-state index contributed by atoms with van der Waals surface area (Å²) in [6.07, 6.45) is 0. The Bertz CT molecular complexity index is 721. The number of nitro groups is 1. The van der Waals surface area contributed by atoms with Gasteiger partial charge in [0, 0.05) is 19.1 Å². The number of carbonyl (C=O) groups excluding carboxylic acids is 2. The van der Waals surface area contributed by atoms with E-state index in [1.807, 2.05) is 0 Å². The van der Waals surface area contributed by atoms with Gasteiger partial charge < -0.3 is 9.72 Å². The lowest BCUT2D eigenvalue weighted by Gasteiger charge is -2.00. The molecule has 9 heteroatoms. The molecular weight excluding hydrogens is 268 g/mol. The molecule has 0 saturated heterocycles. The molecule has 9 nitrogen and oxygen atoms in total. The number of carbonyl (C=O) groups is 2. The second kappa shape index (κ2) is 4.96. The molecule has 0 atom stereocenters. The van der Waals surface area contributed by atoms with Gasteiger partial charge in [-0.3, -0.25) is 20.2 Å². The summed E-state index contributed by atoms with van der Waals surface area (Å²) in [4.78, 5) is 39.5. The number of H-pyrrole nitrogens is 1. The van der Waals surface area contributed by atoms with Gasteiger partial charge in [0.15, 0.2) is 0 Å². The Hall–Kier alpha value is -2.97. The fraction of sp³-hybridized carbons (Fsp3) is 0.182. The van der Waals surface area contributed by atoms with Crippen LogP contribution in [0.3, 0.4) is 0 Å². The van der Waals surface area contributed by atoms with E-state index in [-0.39, 0.29) is 34.1 Å². The summed E-state index contributed by atoms with van der Waals surface area (Å²) in [5.74, 6) is -1.02.